The number of anilines is 2. The van der Waals surface area contributed by atoms with Crippen LogP contribution < -0.4 is 10.2 Å². The Kier molecular flexibility index (Phi) is 4.56. The molecule has 1 aromatic carbocycles. The number of nitrogens with one attached hydrogen (secondary N) is 1. The molecule has 1 N–H and O–H groups in total. The van der Waals surface area contributed by atoms with Crippen molar-refractivity contribution in [2.45, 2.75) is 32.7 Å². The normalized spacial score (nSPS) is 15.2. The molecule has 0 radical (unpaired) electrons. The van der Waals surface area contributed by atoms with Crippen molar-refractivity contribution in [3.05, 3.63) is 54.0 Å². The van der Waals surface area contributed by atoms with Crippen molar-refractivity contribution in [2.75, 3.05) is 23.3 Å². The third kappa shape index (κ3) is 3.69. The number of hydrogen-bond acceptors (Lipinski definition) is 6. The lowest BCUT2D eigenvalue weighted by Crippen LogP contribution is -2.39. The van der Waals surface area contributed by atoms with Gasteiger partial charge in [0.25, 0.3) is 5.89 Å². The molecule has 0 bridgehead atoms. The molecule has 1 aliphatic heterocycles. The molecule has 4 rings (SSSR count). The van der Waals surface area contributed by atoms with E-state index in [-0.39, 0.29) is 0 Å². The first-order valence-electron chi connectivity index (χ1n) is 9.02. The highest BCUT2D eigenvalue weighted by molar-refractivity contribution is 5.58. The number of aryl methyl sites for hydroxylation is 2. The molecule has 0 unspecified atom stereocenters. The number of hydrogen-bond donors (Lipinski definition) is 1. The summed E-state index contributed by atoms with van der Waals surface area (Å²) in [5.74, 6) is 2.15. The van der Waals surface area contributed by atoms with Crippen molar-refractivity contribution < 1.29 is 4.52 Å². The molecule has 3 aromatic rings. The van der Waals surface area contributed by atoms with Crippen LogP contribution >= 0.6 is 0 Å². The van der Waals surface area contributed by atoms with Crippen LogP contribution in [0.4, 0.5) is 11.5 Å². The maximum absolute atomic E-state index is 5.27. The van der Waals surface area contributed by atoms with Crippen LogP contribution in [-0.4, -0.2) is 34.3 Å². The second-order valence-electron chi connectivity index (χ2n) is 6.82. The predicted molar refractivity (Wildman–Crippen MR) is 102 cm³/mol. The standard InChI is InChI=1S/C20H23N5O/c1-14-4-3-5-18(12-14)23-17-7-10-25(11-8-17)19-13-16(6-9-21-19)20-22-15(2)24-26-20/h3-6,9,12-13,17,23H,7-8,10-11H2,1-2H3. The molecule has 1 fully saturated rings. The fraction of sp³-hybridized carbons (Fsp3) is 0.350. The topological polar surface area (TPSA) is 67.1 Å². The van der Waals surface area contributed by atoms with Gasteiger partial charge in [0.15, 0.2) is 5.82 Å². The Morgan fingerprint density at radius 2 is 1.96 bits per heavy atom. The molecule has 0 aliphatic carbocycles. The molecule has 6 heteroatoms. The first kappa shape index (κ1) is 16.6. The summed E-state index contributed by atoms with van der Waals surface area (Å²) < 4.78 is 5.27. The minimum Gasteiger partial charge on any atom is -0.382 e. The SMILES string of the molecule is Cc1cccc(NC2CCN(c3cc(-c4nc(C)no4)ccn3)CC2)c1. The molecular weight excluding hydrogens is 326 g/mol. The minimum atomic E-state index is 0.495. The van der Waals surface area contributed by atoms with Gasteiger partial charge in [-0.2, -0.15) is 4.98 Å². The fourth-order valence-corrected chi connectivity index (χ4v) is 3.36. The summed E-state index contributed by atoms with van der Waals surface area (Å²) in [6, 6.07) is 13.0. The van der Waals surface area contributed by atoms with Gasteiger partial charge in [0.2, 0.25) is 0 Å². The van der Waals surface area contributed by atoms with Gasteiger partial charge in [-0.25, -0.2) is 4.98 Å². The van der Waals surface area contributed by atoms with Gasteiger partial charge in [-0.1, -0.05) is 17.3 Å². The zero-order valence-corrected chi connectivity index (χ0v) is 15.1. The maximum Gasteiger partial charge on any atom is 0.258 e. The molecule has 1 saturated heterocycles. The van der Waals surface area contributed by atoms with E-state index in [1.807, 2.05) is 19.1 Å². The molecule has 26 heavy (non-hydrogen) atoms. The number of piperidine rings is 1. The van der Waals surface area contributed by atoms with Gasteiger partial charge in [0, 0.05) is 36.6 Å². The van der Waals surface area contributed by atoms with Crippen molar-refractivity contribution >= 4 is 11.5 Å². The van der Waals surface area contributed by atoms with E-state index in [4.69, 9.17) is 4.52 Å². The van der Waals surface area contributed by atoms with Gasteiger partial charge < -0.3 is 14.7 Å². The molecule has 3 heterocycles. The van der Waals surface area contributed by atoms with E-state index in [9.17, 15) is 0 Å². The summed E-state index contributed by atoms with van der Waals surface area (Å²) >= 11 is 0. The van der Waals surface area contributed by atoms with E-state index in [1.165, 1.54) is 11.3 Å². The van der Waals surface area contributed by atoms with Crippen LogP contribution in [0, 0.1) is 13.8 Å². The Bertz CT molecular complexity index is 883. The molecule has 2 aromatic heterocycles. The number of rotatable bonds is 4. The van der Waals surface area contributed by atoms with Gasteiger partial charge in [-0.3, -0.25) is 0 Å². The van der Waals surface area contributed by atoms with Crippen molar-refractivity contribution in [2.24, 2.45) is 0 Å². The first-order chi connectivity index (χ1) is 12.7. The Balaban J connectivity index is 1.40. The molecule has 0 spiro atoms. The van der Waals surface area contributed by atoms with Crippen molar-refractivity contribution in [3.63, 3.8) is 0 Å². The average molecular weight is 349 g/mol. The summed E-state index contributed by atoms with van der Waals surface area (Å²) in [5.41, 5.74) is 3.40. The maximum atomic E-state index is 5.27. The zero-order valence-electron chi connectivity index (χ0n) is 15.1. The molecule has 0 saturated carbocycles. The summed E-state index contributed by atoms with van der Waals surface area (Å²) in [7, 11) is 0. The van der Waals surface area contributed by atoms with E-state index in [0.29, 0.717) is 17.8 Å². The van der Waals surface area contributed by atoms with Crippen molar-refractivity contribution in [3.8, 4) is 11.5 Å². The monoisotopic (exact) mass is 349 g/mol. The number of pyridine rings is 1. The van der Waals surface area contributed by atoms with Gasteiger partial charge >= 0.3 is 0 Å². The lowest BCUT2D eigenvalue weighted by Gasteiger charge is -2.33. The van der Waals surface area contributed by atoms with Crippen LogP contribution in [0.25, 0.3) is 11.5 Å². The third-order valence-electron chi connectivity index (χ3n) is 4.73. The highest BCUT2D eigenvalue weighted by Crippen LogP contribution is 2.25. The molecule has 1 aliphatic rings. The van der Waals surface area contributed by atoms with Gasteiger partial charge in [-0.15, -0.1) is 0 Å². The molecule has 6 nitrogen and oxygen atoms in total. The smallest absolute Gasteiger partial charge is 0.258 e. The quantitative estimate of drug-likeness (QED) is 0.772. The van der Waals surface area contributed by atoms with E-state index in [1.54, 1.807) is 6.20 Å². The molecular formula is C20H23N5O. The highest BCUT2D eigenvalue weighted by atomic mass is 16.5. The molecule has 0 atom stereocenters. The summed E-state index contributed by atoms with van der Waals surface area (Å²) in [4.78, 5) is 11.2. The van der Waals surface area contributed by atoms with E-state index < -0.39 is 0 Å². The largest absolute Gasteiger partial charge is 0.382 e. The van der Waals surface area contributed by atoms with E-state index in [2.05, 4.69) is 56.5 Å². The molecule has 134 valence electrons. The van der Waals surface area contributed by atoms with Crippen LogP contribution in [0.5, 0.6) is 0 Å². The van der Waals surface area contributed by atoms with Gasteiger partial charge in [0.1, 0.15) is 5.82 Å². The van der Waals surface area contributed by atoms with Crippen LogP contribution in [0.2, 0.25) is 0 Å². The van der Waals surface area contributed by atoms with Crippen LogP contribution in [0.1, 0.15) is 24.2 Å². The van der Waals surface area contributed by atoms with E-state index in [0.717, 1.165) is 37.3 Å². The van der Waals surface area contributed by atoms with Crippen LogP contribution in [-0.2, 0) is 0 Å². The highest BCUT2D eigenvalue weighted by Gasteiger charge is 2.21. The summed E-state index contributed by atoms with van der Waals surface area (Å²) in [6.45, 7) is 5.89. The molecule has 0 amide bonds. The first-order valence-corrected chi connectivity index (χ1v) is 9.02. The van der Waals surface area contributed by atoms with Crippen LogP contribution in [0.15, 0.2) is 47.1 Å². The lowest BCUT2D eigenvalue weighted by molar-refractivity contribution is 0.425. The summed E-state index contributed by atoms with van der Waals surface area (Å²) in [5, 5.41) is 7.52. The van der Waals surface area contributed by atoms with Gasteiger partial charge in [-0.05, 0) is 56.5 Å². The fourth-order valence-electron chi connectivity index (χ4n) is 3.36. The second kappa shape index (κ2) is 7.15. The zero-order chi connectivity index (χ0) is 17.9. The lowest BCUT2D eigenvalue weighted by atomic mass is 10.0. The number of nitrogens with zero attached hydrogens (tertiary/aromatic N) is 4. The Hall–Kier alpha value is -2.89. The Morgan fingerprint density at radius 3 is 2.69 bits per heavy atom. The Morgan fingerprint density at radius 1 is 1.12 bits per heavy atom. The minimum absolute atomic E-state index is 0.495. The summed E-state index contributed by atoms with van der Waals surface area (Å²) in [6.07, 6.45) is 3.97. The third-order valence-corrected chi connectivity index (χ3v) is 4.73. The van der Waals surface area contributed by atoms with Crippen molar-refractivity contribution in [1.82, 2.24) is 15.1 Å². The predicted octanol–water partition coefficient (Wildman–Crippen LogP) is 3.83. The van der Waals surface area contributed by atoms with Crippen molar-refractivity contribution in [1.29, 1.82) is 0 Å². The van der Waals surface area contributed by atoms with Crippen LogP contribution in [0.3, 0.4) is 0 Å². The average Bonchev–Trinajstić information content (AvgIpc) is 3.09. The van der Waals surface area contributed by atoms with E-state index >= 15 is 0 Å². The number of aromatic nitrogens is 3. The number of benzene rings is 1. The van der Waals surface area contributed by atoms with Gasteiger partial charge in [0.05, 0.1) is 0 Å². The second-order valence-corrected chi connectivity index (χ2v) is 6.82. The Labute approximate surface area is 153 Å².